The Balaban J connectivity index is 3.37. The first kappa shape index (κ1) is 14.7. The fourth-order valence-electron chi connectivity index (χ4n) is 1.50. The van der Waals surface area contributed by atoms with Gasteiger partial charge in [-0.3, -0.25) is 0 Å². The van der Waals surface area contributed by atoms with Crippen molar-refractivity contribution in [2.75, 3.05) is 0 Å². The molecule has 6 heteroatoms. The summed E-state index contributed by atoms with van der Waals surface area (Å²) in [5.74, 6) is -1.26. The fraction of sp³-hybridized carbons (Fsp3) is 0.417. The van der Waals surface area contributed by atoms with E-state index >= 15 is 0 Å². The monoisotopic (exact) mass is 271 g/mol. The molecule has 0 heterocycles. The molecule has 5 nitrogen and oxygen atoms in total. The molecule has 0 radical (unpaired) electrons. The van der Waals surface area contributed by atoms with Crippen LogP contribution in [-0.2, 0) is 10.0 Å². The minimum atomic E-state index is -3.84. The standard InChI is InChI=1S/C12H17NO4S/c1-8-5-6-10(9(7-8)11(14)15)18(16,17)13-12(2,3)4/h5-7,13H,1-4H3,(H,14,15). The number of carbonyl (C=O) groups is 1. The predicted octanol–water partition coefficient (Wildman–Crippen LogP) is 1.77. The average molecular weight is 271 g/mol. The molecule has 0 atom stereocenters. The maximum atomic E-state index is 12.1. The van der Waals surface area contributed by atoms with Gasteiger partial charge in [0.15, 0.2) is 0 Å². The van der Waals surface area contributed by atoms with Crippen LogP contribution in [0.1, 0.15) is 36.7 Å². The number of rotatable bonds is 3. The second-order valence-corrected chi connectivity index (χ2v) is 6.81. The van der Waals surface area contributed by atoms with Crippen LogP contribution in [0.2, 0.25) is 0 Å². The van der Waals surface area contributed by atoms with Crippen LogP contribution in [0.25, 0.3) is 0 Å². The molecule has 0 spiro atoms. The minimum Gasteiger partial charge on any atom is -0.478 e. The molecular formula is C12H17NO4S. The van der Waals surface area contributed by atoms with Crippen LogP contribution >= 0.6 is 0 Å². The lowest BCUT2D eigenvalue weighted by atomic mass is 10.1. The lowest BCUT2D eigenvalue weighted by Gasteiger charge is -2.21. The van der Waals surface area contributed by atoms with Crippen molar-refractivity contribution < 1.29 is 18.3 Å². The molecule has 0 bridgehead atoms. The maximum Gasteiger partial charge on any atom is 0.337 e. The Hall–Kier alpha value is -1.40. The molecule has 0 aliphatic carbocycles. The summed E-state index contributed by atoms with van der Waals surface area (Å²) in [6, 6.07) is 4.23. The van der Waals surface area contributed by atoms with Crippen LogP contribution in [0.5, 0.6) is 0 Å². The van der Waals surface area contributed by atoms with Gasteiger partial charge in [-0.2, -0.15) is 0 Å². The lowest BCUT2D eigenvalue weighted by molar-refractivity contribution is 0.0692. The highest BCUT2D eigenvalue weighted by atomic mass is 32.2. The smallest absolute Gasteiger partial charge is 0.337 e. The lowest BCUT2D eigenvalue weighted by Crippen LogP contribution is -2.41. The van der Waals surface area contributed by atoms with Crippen molar-refractivity contribution in [2.24, 2.45) is 0 Å². The van der Waals surface area contributed by atoms with Crippen LogP contribution in [0.4, 0.5) is 0 Å². The SMILES string of the molecule is Cc1ccc(S(=O)(=O)NC(C)(C)C)c(C(=O)O)c1. The summed E-state index contributed by atoms with van der Waals surface area (Å²) in [7, 11) is -3.84. The van der Waals surface area contributed by atoms with E-state index in [0.717, 1.165) is 0 Å². The van der Waals surface area contributed by atoms with Crippen molar-refractivity contribution in [2.45, 2.75) is 38.1 Å². The van der Waals surface area contributed by atoms with E-state index in [9.17, 15) is 13.2 Å². The number of aromatic carboxylic acids is 1. The summed E-state index contributed by atoms with van der Waals surface area (Å²) in [4.78, 5) is 10.9. The van der Waals surface area contributed by atoms with Gasteiger partial charge in [-0.25, -0.2) is 17.9 Å². The van der Waals surface area contributed by atoms with Crippen LogP contribution in [0.3, 0.4) is 0 Å². The van der Waals surface area contributed by atoms with Crippen LogP contribution in [0, 0.1) is 6.92 Å². The van der Waals surface area contributed by atoms with Crippen molar-refractivity contribution in [1.29, 1.82) is 0 Å². The van der Waals surface area contributed by atoms with Gasteiger partial charge in [0.1, 0.15) is 0 Å². The molecule has 0 amide bonds. The van der Waals surface area contributed by atoms with E-state index in [1.165, 1.54) is 12.1 Å². The van der Waals surface area contributed by atoms with Gasteiger partial charge in [-0.15, -0.1) is 0 Å². The molecule has 0 saturated heterocycles. The first-order valence-electron chi connectivity index (χ1n) is 5.41. The highest BCUT2D eigenvalue weighted by Gasteiger charge is 2.26. The third-order valence-corrected chi connectivity index (χ3v) is 3.91. The van der Waals surface area contributed by atoms with Crippen molar-refractivity contribution in [1.82, 2.24) is 4.72 Å². The Labute approximate surface area is 107 Å². The van der Waals surface area contributed by atoms with Crippen LogP contribution in [0.15, 0.2) is 23.1 Å². The van der Waals surface area contributed by atoms with Gasteiger partial charge in [0, 0.05) is 5.54 Å². The van der Waals surface area contributed by atoms with E-state index in [1.807, 2.05) is 0 Å². The highest BCUT2D eigenvalue weighted by Crippen LogP contribution is 2.19. The molecule has 1 rings (SSSR count). The summed E-state index contributed by atoms with van der Waals surface area (Å²) in [6.45, 7) is 6.79. The van der Waals surface area contributed by atoms with E-state index in [2.05, 4.69) is 4.72 Å². The Morgan fingerprint density at radius 2 is 1.83 bits per heavy atom. The van der Waals surface area contributed by atoms with Gasteiger partial charge in [0.05, 0.1) is 10.5 Å². The fourth-order valence-corrected chi connectivity index (χ4v) is 3.10. The van der Waals surface area contributed by atoms with Gasteiger partial charge in [0.2, 0.25) is 10.0 Å². The second kappa shape index (κ2) is 4.70. The maximum absolute atomic E-state index is 12.1. The first-order valence-corrected chi connectivity index (χ1v) is 6.89. The molecule has 0 unspecified atom stereocenters. The molecule has 1 aromatic carbocycles. The number of carboxylic acid groups (broad SMARTS) is 1. The van der Waals surface area contributed by atoms with Crippen molar-refractivity contribution in [3.05, 3.63) is 29.3 Å². The van der Waals surface area contributed by atoms with Crippen LogP contribution in [-0.4, -0.2) is 25.0 Å². The van der Waals surface area contributed by atoms with Gasteiger partial charge in [0.25, 0.3) is 0 Å². The Bertz CT molecular complexity index is 570. The molecule has 1 aromatic rings. The molecule has 0 saturated carbocycles. The summed E-state index contributed by atoms with van der Waals surface area (Å²) < 4.78 is 26.7. The van der Waals surface area contributed by atoms with Gasteiger partial charge < -0.3 is 5.11 Å². The molecular weight excluding hydrogens is 254 g/mol. The van der Waals surface area contributed by atoms with Gasteiger partial charge >= 0.3 is 5.97 Å². The Morgan fingerprint density at radius 1 is 1.28 bits per heavy atom. The Kier molecular flexibility index (Phi) is 3.83. The number of benzene rings is 1. The zero-order valence-electron chi connectivity index (χ0n) is 10.8. The van der Waals surface area contributed by atoms with E-state index < -0.39 is 21.5 Å². The van der Waals surface area contributed by atoms with Gasteiger partial charge in [-0.05, 0) is 39.8 Å². The molecule has 0 aliphatic rings. The van der Waals surface area contributed by atoms with E-state index in [4.69, 9.17) is 5.11 Å². The number of sulfonamides is 1. The number of hydrogen-bond acceptors (Lipinski definition) is 3. The van der Waals surface area contributed by atoms with Gasteiger partial charge in [-0.1, -0.05) is 11.6 Å². The van der Waals surface area contributed by atoms with Crippen molar-refractivity contribution >= 4 is 16.0 Å². The van der Waals surface area contributed by atoms with Crippen molar-refractivity contribution in [3.63, 3.8) is 0 Å². The molecule has 0 aliphatic heterocycles. The highest BCUT2D eigenvalue weighted by molar-refractivity contribution is 7.89. The summed E-state index contributed by atoms with van der Waals surface area (Å²) in [5.41, 5.74) is -0.187. The summed E-state index contributed by atoms with van der Waals surface area (Å²) in [6.07, 6.45) is 0. The third kappa shape index (κ3) is 3.54. The van der Waals surface area contributed by atoms with E-state index in [0.29, 0.717) is 5.56 Å². The number of carboxylic acids is 1. The average Bonchev–Trinajstić information content (AvgIpc) is 2.12. The number of hydrogen-bond donors (Lipinski definition) is 2. The van der Waals surface area contributed by atoms with Crippen molar-refractivity contribution in [3.8, 4) is 0 Å². The molecule has 0 aromatic heterocycles. The zero-order chi connectivity index (χ0) is 14.1. The third-order valence-electron chi connectivity index (χ3n) is 2.10. The molecule has 18 heavy (non-hydrogen) atoms. The largest absolute Gasteiger partial charge is 0.478 e. The summed E-state index contributed by atoms with van der Waals surface area (Å²) in [5, 5.41) is 9.06. The van der Waals surface area contributed by atoms with E-state index in [-0.39, 0.29) is 10.5 Å². The summed E-state index contributed by atoms with van der Waals surface area (Å²) >= 11 is 0. The van der Waals surface area contributed by atoms with E-state index in [1.54, 1.807) is 33.8 Å². The zero-order valence-corrected chi connectivity index (χ0v) is 11.6. The molecule has 0 fully saturated rings. The normalized spacial score (nSPS) is 12.4. The number of nitrogens with one attached hydrogen (secondary N) is 1. The molecule has 2 N–H and O–H groups in total. The second-order valence-electron chi connectivity index (χ2n) is 5.16. The Morgan fingerprint density at radius 3 is 2.28 bits per heavy atom. The number of aryl methyl sites for hydroxylation is 1. The minimum absolute atomic E-state index is 0.212. The predicted molar refractivity (Wildman–Crippen MR) is 68.2 cm³/mol. The first-order chi connectivity index (χ1) is 8.03. The molecule has 100 valence electrons. The quantitative estimate of drug-likeness (QED) is 0.877. The topological polar surface area (TPSA) is 83.5 Å². The van der Waals surface area contributed by atoms with Crippen LogP contribution < -0.4 is 4.72 Å².